The van der Waals surface area contributed by atoms with Crippen molar-refractivity contribution in [2.45, 2.75) is 26.7 Å². The maximum absolute atomic E-state index is 11.9. The SMILES string of the molecule is CCCN(CCC)CSC(=O)c1ccccc1. The lowest BCUT2D eigenvalue weighted by molar-refractivity contribution is 0.108. The number of thioether (sulfide) groups is 1. The summed E-state index contributed by atoms with van der Waals surface area (Å²) in [5.74, 6) is 0.801. The van der Waals surface area contributed by atoms with Gasteiger partial charge in [0.2, 0.25) is 5.12 Å². The predicted octanol–water partition coefficient (Wildman–Crippen LogP) is 3.64. The molecule has 0 unspecified atom stereocenters. The van der Waals surface area contributed by atoms with Gasteiger partial charge in [-0.1, -0.05) is 55.9 Å². The van der Waals surface area contributed by atoms with E-state index in [2.05, 4.69) is 18.7 Å². The summed E-state index contributed by atoms with van der Waals surface area (Å²) >= 11 is 1.40. The first-order chi connectivity index (χ1) is 8.27. The quantitative estimate of drug-likeness (QED) is 0.690. The van der Waals surface area contributed by atoms with Crippen LogP contribution in [-0.4, -0.2) is 29.0 Å². The highest BCUT2D eigenvalue weighted by molar-refractivity contribution is 8.14. The van der Waals surface area contributed by atoms with Gasteiger partial charge in [-0.25, -0.2) is 0 Å². The minimum Gasteiger partial charge on any atom is -0.294 e. The number of hydrogen-bond donors (Lipinski definition) is 0. The van der Waals surface area contributed by atoms with Gasteiger partial charge in [-0.3, -0.25) is 9.69 Å². The molecule has 0 N–H and O–H groups in total. The fourth-order valence-corrected chi connectivity index (χ4v) is 2.54. The Kier molecular flexibility index (Phi) is 6.97. The Balaban J connectivity index is 2.41. The normalized spacial score (nSPS) is 10.8. The highest BCUT2D eigenvalue weighted by Crippen LogP contribution is 2.13. The van der Waals surface area contributed by atoms with Crippen LogP contribution in [0.3, 0.4) is 0 Å². The molecule has 0 aliphatic heterocycles. The van der Waals surface area contributed by atoms with E-state index in [1.165, 1.54) is 11.8 Å². The Labute approximate surface area is 108 Å². The largest absolute Gasteiger partial charge is 0.294 e. The molecule has 1 aromatic carbocycles. The second-order valence-electron chi connectivity index (χ2n) is 4.04. The standard InChI is InChI=1S/C14H21NOS/c1-3-10-15(11-4-2)12-17-14(16)13-8-6-5-7-9-13/h5-9H,3-4,10-12H2,1-2H3. The van der Waals surface area contributed by atoms with Gasteiger partial charge < -0.3 is 0 Å². The van der Waals surface area contributed by atoms with E-state index in [4.69, 9.17) is 0 Å². The van der Waals surface area contributed by atoms with Gasteiger partial charge in [-0.05, 0) is 25.9 Å². The molecule has 1 rings (SSSR count). The van der Waals surface area contributed by atoms with Crippen LogP contribution in [0.25, 0.3) is 0 Å². The van der Waals surface area contributed by atoms with Crippen LogP contribution in [-0.2, 0) is 0 Å². The lowest BCUT2D eigenvalue weighted by atomic mass is 10.2. The van der Waals surface area contributed by atoms with Crippen LogP contribution in [0.5, 0.6) is 0 Å². The van der Waals surface area contributed by atoms with E-state index >= 15 is 0 Å². The molecule has 0 aromatic heterocycles. The van der Waals surface area contributed by atoms with E-state index < -0.39 is 0 Å². The van der Waals surface area contributed by atoms with Gasteiger partial charge >= 0.3 is 0 Å². The van der Waals surface area contributed by atoms with Gasteiger partial charge in [0.05, 0.1) is 5.88 Å². The van der Waals surface area contributed by atoms with Crippen molar-refractivity contribution in [1.29, 1.82) is 0 Å². The molecule has 0 heterocycles. The van der Waals surface area contributed by atoms with Crippen LogP contribution in [0.1, 0.15) is 37.0 Å². The first-order valence-electron chi connectivity index (χ1n) is 6.22. The molecule has 0 radical (unpaired) electrons. The van der Waals surface area contributed by atoms with Gasteiger partial charge in [0.1, 0.15) is 0 Å². The maximum atomic E-state index is 11.9. The average Bonchev–Trinajstić information content (AvgIpc) is 2.37. The van der Waals surface area contributed by atoms with Crippen molar-refractivity contribution >= 4 is 16.9 Å². The Morgan fingerprint density at radius 1 is 1.12 bits per heavy atom. The van der Waals surface area contributed by atoms with E-state index in [-0.39, 0.29) is 5.12 Å². The van der Waals surface area contributed by atoms with Crippen LogP contribution < -0.4 is 0 Å². The van der Waals surface area contributed by atoms with Crippen LogP contribution in [0.2, 0.25) is 0 Å². The van der Waals surface area contributed by atoms with Gasteiger partial charge in [0.25, 0.3) is 0 Å². The summed E-state index contributed by atoms with van der Waals surface area (Å²) < 4.78 is 0. The fraction of sp³-hybridized carbons (Fsp3) is 0.500. The van der Waals surface area contributed by atoms with Crippen molar-refractivity contribution in [2.24, 2.45) is 0 Å². The summed E-state index contributed by atoms with van der Waals surface area (Å²) in [7, 11) is 0. The van der Waals surface area contributed by atoms with Gasteiger partial charge in [0, 0.05) is 5.56 Å². The maximum Gasteiger partial charge on any atom is 0.220 e. The van der Waals surface area contributed by atoms with Crippen LogP contribution in [0.15, 0.2) is 30.3 Å². The number of rotatable bonds is 7. The summed E-state index contributed by atoms with van der Waals surface area (Å²) in [6.45, 7) is 6.49. The summed E-state index contributed by atoms with van der Waals surface area (Å²) in [5.41, 5.74) is 0.797. The van der Waals surface area contributed by atoms with E-state index in [1.54, 1.807) is 0 Å². The predicted molar refractivity (Wildman–Crippen MR) is 75.4 cm³/mol. The fourth-order valence-electron chi connectivity index (χ4n) is 1.68. The molecule has 0 aliphatic carbocycles. The summed E-state index contributed by atoms with van der Waals surface area (Å²) in [5, 5.41) is 0.169. The molecule has 2 nitrogen and oxygen atoms in total. The van der Waals surface area contributed by atoms with Gasteiger partial charge in [0.15, 0.2) is 0 Å². The zero-order valence-electron chi connectivity index (χ0n) is 10.7. The lowest BCUT2D eigenvalue weighted by Gasteiger charge is -2.19. The summed E-state index contributed by atoms with van der Waals surface area (Å²) in [4.78, 5) is 14.2. The molecule has 0 atom stereocenters. The van der Waals surface area contributed by atoms with Crippen molar-refractivity contribution < 1.29 is 4.79 Å². The highest BCUT2D eigenvalue weighted by Gasteiger charge is 2.09. The second-order valence-corrected chi connectivity index (χ2v) is 4.96. The Bertz CT molecular complexity index is 320. The van der Waals surface area contributed by atoms with Crippen molar-refractivity contribution in [2.75, 3.05) is 19.0 Å². The van der Waals surface area contributed by atoms with Crippen molar-refractivity contribution in [1.82, 2.24) is 4.90 Å². The van der Waals surface area contributed by atoms with Gasteiger partial charge in [-0.15, -0.1) is 0 Å². The number of nitrogens with zero attached hydrogens (tertiary/aromatic N) is 1. The number of carbonyl (C=O) groups excluding carboxylic acids is 1. The van der Waals surface area contributed by atoms with E-state index in [0.717, 1.165) is 37.4 Å². The molecule has 0 saturated carbocycles. The second kappa shape index (κ2) is 8.31. The van der Waals surface area contributed by atoms with E-state index in [1.807, 2.05) is 30.3 Å². The molecule has 0 fully saturated rings. The molecule has 0 amide bonds. The molecule has 0 aliphatic rings. The molecule has 0 spiro atoms. The molecular weight excluding hydrogens is 230 g/mol. The number of carbonyl (C=O) groups is 1. The topological polar surface area (TPSA) is 20.3 Å². The van der Waals surface area contributed by atoms with Crippen LogP contribution >= 0.6 is 11.8 Å². The monoisotopic (exact) mass is 251 g/mol. The van der Waals surface area contributed by atoms with Crippen molar-refractivity contribution in [3.63, 3.8) is 0 Å². The number of hydrogen-bond acceptors (Lipinski definition) is 3. The minimum atomic E-state index is 0.169. The third-order valence-corrected chi connectivity index (χ3v) is 3.46. The zero-order valence-corrected chi connectivity index (χ0v) is 11.5. The summed E-state index contributed by atoms with van der Waals surface area (Å²) in [6, 6.07) is 9.49. The van der Waals surface area contributed by atoms with Gasteiger partial charge in [-0.2, -0.15) is 0 Å². The van der Waals surface area contributed by atoms with Crippen molar-refractivity contribution in [3.05, 3.63) is 35.9 Å². The highest BCUT2D eigenvalue weighted by atomic mass is 32.2. The van der Waals surface area contributed by atoms with Crippen LogP contribution in [0, 0.1) is 0 Å². The minimum absolute atomic E-state index is 0.169. The summed E-state index contributed by atoms with van der Waals surface area (Å²) in [6.07, 6.45) is 2.28. The molecule has 0 bridgehead atoms. The Morgan fingerprint density at radius 3 is 2.24 bits per heavy atom. The Morgan fingerprint density at radius 2 is 1.71 bits per heavy atom. The molecular formula is C14H21NOS. The molecule has 17 heavy (non-hydrogen) atoms. The van der Waals surface area contributed by atoms with E-state index in [9.17, 15) is 4.79 Å². The molecule has 1 aromatic rings. The Hall–Kier alpha value is -0.800. The molecule has 0 saturated heterocycles. The molecule has 94 valence electrons. The van der Waals surface area contributed by atoms with Crippen LogP contribution in [0.4, 0.5) is 0 Å². The molecule has 3 heteroatoms. The lowest BCUT2D eigenvalue weighted by Crippen LogP contribution is -2.25. The zero-order chi connectivity index (χ0) is 12.5. The van der Waals surface area contributed by atoms with E-state index in [0.29, 0.717) is 0 Å². The average molecular weight is 251 g/mol. The number of benzene rings is 1. The third-order valence-electron chi connectivity index (χ3n) is 2.47. The first-order valence-corrected chi connectivity index (χ1v) is 7.21. The van der Waals surface area contributed by atoms with Crippen molar-refractivity contribution in [3.8, 4) is 0 Å². The first kappa shape index (κ1) is 14.3. The smallest absolute Gasteiger partial charge is 0.220 e. The third kappa shape index (κ3) is 5.37.